The second-order valence-electron chi connectivity index (χ2n) is 0.835. The van der Waals surface area contributed by atoms with Gasteiger partial charge in [0.2, 0.25) is 0 Å². The Morgan fingerprint density at radius 2 is 2.00 bits per heavy atom. The van der Waals surface area contributed by atoms with Gasteiger partial charge in [-0.3, -0.25) is 0 Å². The first-order chi connectivity index (χ1) is 2.27. The molecule has 1 unspecified atom stereocenters. The predicted octanol–water partition coefficient (Wildman–Crippen LogP) is -0.185. The molecule has 0 amide bonds. The minimum Gasteiger partial charge on any atom is -1.00 e. The fraction of sp³-hybridized carbons (Fsp3) is 1.00. The average Bonchev–Trinajstić information content (AvgIpc) is 1.38. The van der Waals surface area contributed by atoms with E-state index in [9.17, 15) is 0 Å². The number of methoxy groups -OCH3 is 1. The van der Waals surface area contributed by atoms with Gasteiger partial charge in [0.25, 0.3) is 0 Å². The van der Waals surface area contributed by atoms with Crippen molar-refractivity contribution in [3.8, 4) is 0 Å². The van der Waals surface area contributed by atoms with Gasteiger partial charge < -0.3 is 12.7 Å². The second kappa shape index (κ2) is 5.69. The smallest absolute Gasteiger partial charge is 1.00 e. The summed E-state index contributed by atoms with van der Waals surface area (Å²) < 4.78 is 4.31. The molecule has 0 saturated heterocycles. The Morgan fingerprint density at radius 3 is 2.00 bits per heavy atom. The van der Waals surface area contributed by atoms with Crippen molar-refractivity contribution in [1.82, 2.24) is 0 Å². The Morgan fingerprint density at radius 1 is 1.83 bits per heavy atom. The zero-order chi connectivity index (χ0) is 4.28. The summed E-state index contributed by atoms with van der Waals surface area (Å²) in [6.45, 7) is 1.56. The normalized spacial score (nSPS) is 12.5. The van der Waals surface area contributed by atoms with E-state index in [2.05, 4.69) is 4.74 Å². The van der Waals surface area contributed by atoms with E-state index in [1.54, 1.807) is 6.92 Å². The van der Waals surface area contributed by atoms with Crippen LogP contribution in [0.3, 0.4) is 0 Å². The van der Waals surface area contributed by atoms with Gasteiger partial charge in [-0.2, -0.15) is 0 Å². The molecule has 0 saturated carbocycles. The van der Waals surface area contributed by atoms with Gasteiger partial charge in [-0.25, -0.2) is 0 Å². The molecule has 1 atom stereocenters. The van der Waals surface area contributed by atoms with Crippen molar-refractivity contribution < 1.29 is 12.7 Å². The van der Waals surface area contributed by atoms with Crippen molar-refractivity contribution in [1.29, 1.82) is 0 Å². The van der Waals surface area contributed by atoms with Crippen LogP contribution in [0.1, 0.15) is 9.78 Å². The molecular weight excluding hydrogens is 92.3 g/mol. The molecule has 0 rings (SSSR count). The standard InChI is InChI=1S/C3H8O2.Mg.2H/c1-3(4)5-2;;;/h3-4H,1-2H3;;;/q;+2;2*-1. The largest absolute Gasteiger partial charge is 2.00 e. The zero-order valence-electron chi connectivity index (χ0n) is 6.14. The monoisotopic (exact) mass is 102 g/mol. The van der Waals surface area contributed by atoms with Crippen LogP contribution in [0.2, 0.25) is 0 Å². The van der Waals surface area contributed by atoms with Gasteiger partial charge in [-0.15, -0.1) is 0 Å². The molecule has 36 valence electrons. The van der Waals surface area contributed by atoms with E-state index in [1.807, 2.05) is 0 Å². The molecule has 0 aliphatic rings. The van der Waals surface area contributed by atoms with Crippen LogP contribution in [0.4, 0.5) is 0 Å². The van der Waals surface area contributed by atoms with Gasteiger partial charge in [-0.05, 0) is 6.92 Å². The van der Waals surface area contributed by atoms with Crippen LogP contribution in [0.5, 0.6) is 0 Å². The minimum atomic E-state index is -0.616. The summed E-state index contributed by atoms with van der Waals surface area (Å²) in [5, 5.41) is 8.14. The molecule has 0 radical (unpaired) electrons. The molecule has 0 bridgehead atoms. The Kier molecular flexibility index (Phi) is 9.33. The first kappa shape index (κ1) is 9.84. The summed E-state index contributed by atoms with van der Waals surface area (Å²) in [4.78, 5) is 0. The Bertz CT molecular complexity index is 29.2. The maximum Gasteiger partial charge on any atom is 2.00 e. The maximum atomic E-state index is 8.14. The van der Waals surface area contributed by atoms with Gasteiger partial charge in [0.05, 0.1) is 0 Å². The van der Waals surface area contributed by atoms with E-state index in [0.717, 1.165) is 0 Å². The van der Waals surface area contributed by atoms with Crippen LogP contribution < -0.4 is 0 Å². The van der Waals surface area contributed by atoms with Gasteiger partial charge in [-0.1, -0.05) is 0 Å². The molecule has 0 aromatic rings. The van der Waals surface area contributed by atoms with E-state index >= 15 is 0 Å². The fourth-order valence-electron chi connectivity index (χ4n) is 0. The van der Waals surface area contributed by atoms with Gasteiger partial charge in [0.15, 0.2) is 6.29 Å². The molecule has 0 aromatic carbocycles. The summed E-state index contributed by atoms with van der Waals surface area (Å²) >= 11 is 0. The van der Waals surface area contributed by atoms with Gasteiger partial charge in [0, 0.05) is 7.11 Å². The number of aliphatic hydroxyl groups is 1. The zero-order valence-corrected chi connectivity index (χ0v) is 5.55. The summed E-state index contributed by atoms with van der Waals surface area (Å²) in [6.07, 6.45) is -0.616. The Hall–Kier alpha value is 0.686. The molecule has 3 heteroatoms. The molecule has 0 heterocycles. The van der Waals surface area contributed by atoms with Crippen LogP contribution >= 0.6 is 0 Å². The van der Waals surface area contributed by atoms with Gasteiger partial charge in [0.1, 0.15) is 0 Å². The third-order valence-corrected chi connectivity index (χ3v) is 0.341. The summed E-state index contributed by atoms with van der Waals surface area (Å²) in [6, 6.07) is 0. The van der Waals surface area contributed by atoms with E-state index in [1.165, 1.54) is 7.11 Å². The summed E-state index contributed by atoms with van der Waals surface area (Å²) in [5.41, 5.74) is 0. The number of rotatable bonds is 1. The van der Waals surface area contributed by atoms with Crippen molar-refractivity contribution >= 4 is 23.1 Å². The van der Waals surface area contributed by atoms with Crippen LogP contribution in [0.15, 0.2) is 0 Å². The third kappa shape index (κ3) is 8.82. The van der Waals surface area contributed by atoms with Crippen LogP contribution in [-0.4, -0.2) is 41.6 Å². The first-order valence-corrected chi connectivity index (χ1v) is 1.48. The molecule has 6 heavy (non-hydrogen) atoms. The number of hydrogen-bond donors (Lipinski definition) is 1. The van der Waals surface area contributed by atoms with Gasteiger partial charge >= 0.3 is 23.1 Å². The van der Waals surface area contributed by atoms with E-state index < -0.39 is 6.29 Å². The topological polar surface area (TPSA) is 29.5 Å². The second-order valence-corrected chi connectivity index (χ2v) is 0.835. The molecule has 0 aliphatic heterocycles. The predicted molar refractivity (Wildman–Crippen MR) is 26.7 cm³/mol. The molecule has 0 aliphatic carbocycles. The van der Waals surface area contributed by atoms with Crippen molar-refractivity contribution in [2.24, 2.45) is 0 Å². The molecule has 2 nitrogen and oxygen atoms in total. The van der Waals surface area contributed by atoms with Crippen molar-refractivity contribution in [2.75, 3.05) is 7.11 Å². The summed E-state index contributed by atoms with van der Waals surface area (Å²) in [5.74, 6) is 0. The quantitative estimate of drug-likeness (QED) is 0.367. The average molecular weight is 102 g/mol. The minimum absolute atomic E-state index is 0. The summed E-state index contributed by atoms with van der Waals surface area (Å²) in [7, 11) is 1.45. The number of ether oxygens (including phenoxy) is 1. The third-order valence-electron chi connectivity index (χ3n) is 0.341. The Balaban J connectivity index is -0.0000000267. The molecule has 0 spiro atoms. The molecular formula is C3H10MgO2. The van der Waals surface area contributed by atoms with Crippen LogP contribution in [0.25, 0.3) is 0 Å². The first-order valence-electron chi connectivity index (χ1n) is 1.48. The van der Waals surface area contributed by atoms with Crippen molar-refractivity contribution in [3.63, 3.8) is 0 Å². The van der Waals surface area contributed by atoms with Crippen LogP contribution in [-0.2, 0) is 4.74 Å². The van der Waals surface area contributed by atoms with Crippen LogP contribution in [0, 0.1) is 0 Å². The maximum absolute atomic E-state index is 8.14. The molecule has 1 N–H and O–H groups in total. The SMILES string of the molecule is COC(C)O.[H-].[H-].[Mg+2]. The number of aliphatic hydroxyl groups excluding tert-OH is 1. The number of hydrogen-bond acceptors (Lipinski definition) is 2. The van der Waals surface area contributed by atoms with E-state index in [-0.39, 0.29) is 25.9 Å². The molecule has 0 fully saturated rings. The van der Waals surface area contributed by atoms with Crippen molar-refractivity contribution in [3.05, 3.63) is 0 Å². The van der Waals surface area contributed by atoms with E-state index in [4.69, 9.17) is 5.11 Å². The molecule has 0 aromatic heterocycles. The fourth-order valence-corrected chi connectivity index (χ4v) is 0. The van der Waals surface area contributed by atoms with Crippen molar-refractivity contribution in [2.45, 2.75) is 13.2 Å². The van der Waals surface area contributed by atoms with E-state index in [0.29, 0.717) is 0 Å². The Labute approximate surface area is 56.6 Å².